The van der Waals surface area contributed by atoms with Crippen LogP contribution < -0.4 is 9.04 Å². The molecule has 7 nitrogen and oxygen atoms in total. The maximum absolute atomic E-state index is 12.4. The zero-order chi connectivity index (χ0) is 22.9. The Morgan fingerprint density at radius 2 is 1.91 bits per heavy atom. The topological polar surface area (TPSA) is 107 Å². The van der Waals surface area contributed by atoms with Gasteiger partial charge < -0.3 is 14.9 Å². The standard InChI is InChI=1S/C22H20ClNO6S2/c23-15-7-5-14(6-8-15)19-9-10-20(31-19)24(32(28)29)22(21(26)27)13-17(22)16-3-1-2-4-18(16)30-12-11-25/h1-10,17,25H,11-13H2,(H,26,27)(H,28,29). The number of aliphatic hydroxyl groups excluding tert-OH is 1. The molecule has 168 valence electrons. The summed E-state index contributed by atoms with van der Waals surface area (Å²) in [4.78, 5) is 13.3. The van der Waals surface area contributed by atoms with Crippen LogP contribution in [-0.2, 0) is 16.1 Å². The van der Waals surface area contributed by atoms with Gasteiger partial charge in [0.25, 0.3) is 11.3 Å². The van der Waals surface area contributed by atoms with Crippen LogP contribution >= 0.6 is 22.9 Å². The molecule has 1 aliphatic carbocycles. The van der Waals surface area contributed by atoms with E-state index in [0.717, 1.165) is 14.7 Å². The quantitative estimate of drug-likeness (QED) is 0.381. The maximum Gasteiger partial charge on any atom is 0.331 e. The van der Waals surface area contributed by atoms with Crippen LogP contribution in [-0.4, -0.2) is 43.7 Å². The number of nitrogens with zero attached hydrogens (tertiary/aromatic N) is 1. The first kappa shape index (κ1) is 22.8. The van der Waals surface area contributed by atoms with E-state index in [1.165, 1.54) is 11.3 Å². The lowest BCUT2D eigenvalue weighted by atomic mass is 10.0. The van der Waals surface area contributed by atoms with Gasteiger partial charge in [-0.05, 0) is 42.3 Å². The number of carbonyl (C=O) groups is 1. The third kappa shape index (κ3) is 4.14. The minimum Gasteiger partial charge on any atom is -0.491 e. The van der Waals surface area contributed by atoms with Gasteiger partial charge in [-0.1, -0.05) is 41.9 Å². The highest BCUT2D eigenvalue weighted by molar-refractivity contribution is 7.81. The van der Waals surface area contributed by atoms with Gasteiger partial charge >= 0.3 is 5.97 Å². The largest absolute Gasteiger partial charge is 0.491 e. The van der Waals surface area contributed by atoms with E-state index in [1.807, 2.05) is 12.1 Å². The number of hydrogen-bond acceptors (Lipinski definition) is 5. The Morgan fingerprint density at radius 1 is 1.19 bits per heavy atom. The lowest BCUT2D eigenvalue weighted by Crippen LogP contribution is -2.45. The van der Waals surface area contributed by atoms with Gasteiger partial charge in [-0.15, -0.1) is 11.3 Å². The number of halogens is 1. The summed E-state index contributed by atoms with van der Waals surface area (Å²) in [5, 5.41) is 20.2. The SMILES string of the molecule is O=C(O)C1(N(c2ccc(-c3ccc(Cl)cc3)s2)S(=O)O)CC1c1ccccc1OCCO. The van der Waals surface area contributed by atoms with E-state index in [0.29, 0.717) is 21.3 Å². The number of hydrogen-bond donors (Lipinski definition) is 3. The number of carboxylic acids is 1. The second-order valence-corrected chi connectivity index (χ2v) is 9.59. The summed E-state index contributed by atoms with van der Waals surface area (Å²) >= 11 is 4.61. The van der Waals surface area contributed by atoms with Crippen LogP contribution in [0.1, 0.15) is 17.9 Å². The van der Waals surface area contributed by atoms with Crippen LogP contribution in [0.2, 0.25) is 5.02 Å². The third-order valence-corrected chi connectivity index (χ3v) is 7.71. The molecule has 1 aromatic heterocycles. The molecule has 0 bridgehead atoms. The van der Waals surface area contributed by atoms with E-state index in [2.05, 4.69) is 0 Å². The first-order valence-corrected chi connectivity index (χ1v) is 12.0. The van der Waals surface area contributed by atoms with Gasteiger partial charge in [-0.25, -0.2) is 13.3 Å². The van der Waals surface area contributed by atoms with Crippen molar-refractivity contribution in [2.75, 3.05) is 17.5 Å². The molecule has 0 saturated heterocycles. The summed E-state index contributed by atoms with van der Waals surface area (Å²) < 4.78 is 29.2. The van der Waals surface area contributed by atoms with Crippen molar-refractivity contribution >= 4 is 45.2 Å². The van der Waals surface area contributed by atoms with E-state index < -0.39 is 28.7 Å². The summed E-state index contributed by atoms with van der Waals surface area (Å²) in [6.45, 7) is -0.118. The summed E-state index contributed by atoms with van der Waals surface area (Å²) in [5.74, 6) is -1.30. The van der Waals surface area contributed by atoms with Crippen LogP contribution in [0.4, 0.5) is 5.00 Å². The molecule has 1 heterocycles. The Kier molecular flexibility index (Phi) is 6.55. The van der Waals surface area contributed by atoms with Crippen molar-refractivity contribution in [3.8, 4) is 16.2 Å². The molecule has 0 aliphatic heterocycles. The molecule has 0 radical (unpaired) electrons. The molecule has 1 saturated carbocycles. The summed E-state index contributed by atoms with van der Waals surface area (Å²) in [7, 11) is 0. The molecule has 3 unspecified atom stereocenters. The fourth-order valence-corrected chi connectivity index (χ4v) is 6.04. The first-order valence-electron chi connectivity index (χ1n) is 9.71. The summed E-state index contributed by atoms with van der Waals surface area (Å²) in [6.07, 6.45) is 0.141. The Bertz CT molecular complexity index is 1150. The van der Waals surface area contributed by atoms with Crippen molar-refractivity contribution < 1.29 is 28.5 Å². The summed E-state index contributed by atoms with van der Waals surface area (Å²) in [5.41, 5.74) is -0.109. The number of benzene rings is 2. The number of aliphatic hydroxyl groups is 1. The molecule has 1 fully saturated rings. The number of aliphatic carboxylic acids is 1. The van der Waals surface area contributed by atoms with E-state index >= 15 is 0 Å². The van der Waals surface area contributed by atoms with E-state index in [1.54, 1.807) is 48.5 Å². The Hall–Kier alpha value is -2.43. The van der Waals surface area contributed by atoms with Crippen LogP contribution in [0.3, 0.4) is 0 Å². The lowest BCUT2D eigenvalue weighted by molar-refractivity contribution is -0.139. The molecule has 0 amide bonds. The molecule has 3 N–H and O–H groups in total. The van der Waals surface area contributed by atoms with E-state index in [4.69, 9.17) is 21.4 Å². The minimum absolute atomic E-state index is 0.0643. The molecule has 1 aliphatic rings. The number of anilines is 1. The van der Waals surface area contributed by atoms with Crippen LogP contribution in [0.25, 0.3) is 10.4 Å². The molecule has 32 heavy (non-hydrogen) atoms. The van der Waals surface area contributed by atoms with Gasteiger partial charge in [0.2, 0.25) is 0 Å². The van der Waals surface area contributed by atoms with Crippen molar-refractivity contribution in [1.82, 2.24) is 0 Å². The maximum atomic E-state index is 12.4. The Balaban J connectivity index is 1.71. The summed E-state index contributed by atoms with van der Waals surface area (Å²) in [6, 6.07) is 17.5. The number of ether oxygens (including phenoxy) is 1. The van der Waals surface area contributed by atoms with Gasteiger partial charge in [0, 0.05) is 21.4 Å². The van der Waals surface area contributed by atoms with Gasteiger partial charge in [-0.2, -0.15) is 0 Å². The molecule has 0 spiro atoms. The van der Waals surface area contributed by atoms with Crippen molar-refractivity contribution in [3.63, 3.8) is 0 Å². The molecule has 4 rings (SSSR count). The van der Waals surface area contributed by atoms with Crippen molar-refractivity contribution in [2.24, 2.45) is 0 Å². The highest BCUT2D eigenvalue weighted by Gasteiger charge is 2.68. The number of para-hydroxylation sites is 1. The van der Waals surface area contributed by atoms with Crippen molar-refractivity contribution in [1.29, 1.82) is 0 Å². The monoisotopic (exact) mass is 493 g/mol. The zero-order valence-corrected chi connectivity index (χ0v) is 19.1. The van der Waals surface area contributed by atoms with Crippen LogP contribution in [0.15, 0.2) is 60.7 Å². The average molecular weight is 494 g/mol. The molecule has 2 aromatic carbocycles. The smallest absolute Gasteiger partial charge is 0.331 e. The van der Waals surface area contributed by atoms with E-state index in [9.17, 15) is 18.7 Å². The highest BCUT2D eigenvalue weighted by atomic mass is 35.5. The Morgan fingerprint density at radius 3 is 2.56 bits per heavy atom. The molecular weight excluding hydrogens is 474 g/mol. The molecular formula is C22H20ClNO6S2. The molecule has 3 aromatic rings. The number of rotatable bonds is 9. The van der Waals surface area contributed by atoms with Gasteiger partial charge in [-0.3, -0.25) is 4.55 Å². The number of thiophene rings is 1. The lowest BCUT2D eigenvalue weighted by Gasteiger charge is -2.27. The minimum atomic E-state index is -2.57. The predicted molar refractivity (Wildman–Crippen MR) is 125 cm³/mol. The van der Waals surface area contributed by atoms with Crippen molar-refractivity contribution in [2.45, 2.75) is 17.9 Å². The van der Waals surface area contributed by atoms with Gasteiger partial charge in [0.05, 0.1) is 6.61 Å². The molecule has 3 atom stereocenters. The Labute approximate surface area is 196 Å². The fraction of sp³-hybridized carbons (Fsp3) is 0.227. The van der Waals surface area contributed by atoms with Gasteiger partial charge in [0.15, 0.2) is 5.54 Å². The van der Waals surface area contributed by atoms with Crippen LogP contribution in [0.5, 0.6) is 5.75 Å². The highest BCUT2D eigenvalue weighted by Crippen LogP contribution is 2.60. The first-order chi connectivity index (χ1) is 15.4. The van der Waals surface area contributed by atoms with Gasteiger partial charge in [0.1, 0.15) is 17.4 Å². The zero-order valence-electron chi connectivity index (χ0n) is 16.7. The molecule has 10 heteroatoms. The van der Waals surface area contributed by atoms with E-state index in [-0.39, 0.29) is 19.6 Å². The second kappa shape index (κ2) is 9.21. The number of carboxylic acid groups (broad SMARTS) is 1. The second-order valence-electron chi connectivity index (χ2n) is 7.27. The average Bonchev–Trinajstić information content (AvgIpc) is 3.33. The third-order valence-electron chi connectivity index (χ3n) is 5.38. The predicted octanol–water partition coefficient (Wildman–Crippen LogP) is 4.39. The normalized spacial score (nSPS) is 20.5. The van der Waals surface area contributed by atoms with Crippen LogP contribution in [0, 0.1) is 0 Å². The van der Waals surface area contributed by atoms with Crippen molar-refractivity contribution in [3.05, 3.63) is 71.2 Å². The fourth-order valence-electron chi connectivity index (χ4n) is 3.84.